The van der Waals surface area contributed by atoms with Gasteiger partial charge in [0.05, 0.1) is 16.8 Å². The highest BCUT2D eigenvalue weighted by molar-refractivity contribution is 7.99. The van der Waals surface area contributed by atoms with E-state index in [0.717, 1.165) is 29.0 Å². The number of imidazole rings is 1. The Morgan fingerprint density at radius 2 is 2.00 bits per heavy atom. The van der Waals surface area contributed by atoms with Crippen molar-refractivity contribution in [2.24, 2.45) is 0 Å². The number of nitrogens with one attached hydrogen (secondary N) is 2. The van der Waals surface area contributed by atoms with E-state index in [1.54, 1.807) is 6.07 Å². The standard InChI is InChI=1S/C20H23ClN4OS/c1-4-25(13(2)3)16-8-6-15(7-9-16)22-19(26)12-27-20-23-17-10-5-14(21)11-18(17)24-20/h5-11,13H,4,12H2,1-3H3,(H,22,26)(H,23,24). The predicted molar refractivity (Wildman–Crippen MR) is 115 cm³/mol. The van der Waals surface area contributed by atoms with Crippen LogP contribution >= 0.6 is 23.4 Å². The van der Waals surface area contributed by atoms with E-state index >= 15 is 0 Å². The number of hydrogen-bond acceptors (Lipinski definition) is 4. The number of aromatic nitrogens is 2. The highest BCUT2D eigenvalue weighted by Crippen LogP contribution is 2.23. The quantitative estimate of drug-likeness (QED) is 0.534. The normalized spacial score (nSPS) is 11.1. The van der Waals surface area contributed by atoms with Gasteiger partial charge >= 0.3 is 0 Å². The van der Waals surface area contributed by atoms with E-state index in [4.69, 9.17) is 11.6 Å². The maximum Gasteiger partial charge on any atom is 0.234 e. The molecule has 0 aliphatic heterocycles. The van der Waals surface area contributed by atoms with Crippen LogP contribution in [0.25, 0.3) is 11.0 Å². The van der Waals surface area contributed by atoms with Gasteiger partial charge in [-0.2, -0.15) is 0 Å². The molecule has 0 unspecified atom stereocenters. The number of amides is 1. The number of halogens is 1. The van der Waals surface area contributed by atoms with E-state index in [-0.39, 0.29) is 11.7 Å². The number of fused-ring (bicyclic) bond motifs is 1. The number of carbonyl (C=O) groups excluding carboxylic acids is 1. The summed E-state index contributed by atoms with van der Waals surface area (Å²) in [6, 6.07) is 13.9. The van der Waals surface area contributed by atoms with Crippen molar-refractivity contribution >= 4 is 51.7 Å². The molecule has 0 aliphatic carbocycles. The zero-order chi connectivity index (χ0) is 19.4. The van der Waals surface area contributed by atoms with Crippen LogP contribution in [0.1, 0.15) is 20.8 Å². The summed E-state index contributed by atoms with van der Waals surface area (Å²) in [5.74, 6) is 0.213. The van der Waals surface area contributed by atoms with Gasteiger partial charge in [0.1, 0.15) is 0 Å². The predicted octanol–water partition coefficient (Wildman–Crippen LogP) is 5.18. The molecule has 0 fully saturated rings. The lowest BCUT2D eigenvalue weighted by molar-refractivity contribution is -0.113. The van der Waals surface area contributed by atoms with E-state index in [1.165, 1.54) is 11.8 Å². The molecular weight excluding hydrogens is 380 g/mol. The zero-order valence-electron chi connectivity index (χ0n) is 15.6. The van der Waals surface area contributed by atoms with Crippen molar-refractivity contribution in [1.82, 2.24) is 9.97 Å². The monoisotopic (exact) mass is 402 g/mol. The van der Waals surface area contributed by atoms with Crippen LogP contribution in [0.5, 0.6) is 0 Å². The van der Waals surface area contributed by atoms with Crippen molar-refractivity contribution in [3.8, 4) is 0 Å². The molecule has 0 radical (unpaired) electrons. The van der Waals surface area contributed by atoms with E-state index in [0.29, 0.717) is 16.2 Å². The van der Waals surface area contributed by atoms with Gasteiger partial charge in [0.25, 0.3) is 0 Å². The minimum atomic E-state index is -0.0672. The van der Waals surface area contributed by atoms with Crippen molar-refractivity contribution in [2.75, 3.05) is 22.5 Å². The molecule has 1 aromatic heterocycles. The molecule has 7 heteroatoms. The molecule has 27 heavy (non-hydrogen) atoms. The van der Waals surface area contributed by atoms with Gasteiger partial charge in [-0.25, -0.2) is 4.98 Å². The Bertz CT molecular complexity index is 923. The highest BCUT2D eigenvalue weighted by atomic mass is 35.5. The summed E-state index contributed by atoms with van der Waals surface area (Å²) in [6.45, 7) is 7.42. The second kappa shape index (κ2) is 8.67. The summed E-state index contributed by atoms with van der Waals surface area (Å²) in [4.78, 5) is 22.2. The SMILES string of the molecule is CCN(c1ccc(NC(=O)CSc2nc3ccc(Cl)cc3[nH]2)cc1)C(C)C. The zero-order valence-corrected chi connectivity index (χ0v) is 17.2. The first-order valence-electron chi connectivity index (χ1n) is 8.91. The van der Waals surface area contributed by atoms with Crippen LogP contribution in [0.4, 0.5) is 11.4 Å². The highest BCUT2D eigenvalue weighted by Gasteiger charge is 2.10. The maximum atomic E-state index is 12.2. The minimum absolute atomic E-state index is 0.0672. The Morgan fingerprint density at radius 3 is 2.67 bits per heavy atom. The van der Waals surface area contributed by atoms with Crippen molar-refractivity contribution in [2.45, 2.75) is 32.0 Å². The molecule has 0 bridgehead atoms. The molecule has 1 amide bonds. The number of benzene rings is 2. The van der Waals surface area contributed by atoms with Crippen LogP contribution in [-0.4, -0.2) is 34.2 Å². The number of H-pyrrole nitrogens is 1. The van der Waals surface area contributed by atoms with Gasteiger partial charge in [-0.1, -0.05) is 23.4 Å². The Morgan fingerprint density at radius 1 is 1.26 bits per heavy atom. The van der Waals surface area contributed by atoms with Crippen LogP contribution in [0.2, 0.25) is 5.02 Å². The van der Waals surface area contributed by atoms with Crippen molar-refractivity contribution in [1.29, 1.82) is 0 Å². The molecule has 142 valence electrons. The number of carbonyl (C=O) groups is 1. The van der Waals surface area contributed by atoms with E-state index in [9.17, 15) is 4.79 Å². The van der Waals surface area contributed by atoms with Gasteiger partial charge in [-0.3, -0.25) is 4.79 Å². The molecule has 0 aliphatic rings. The van der Waals surface area contributed by atoms with Gasteiger partial charge in [0.2, 0.25) is 5.91 Å². The summed E-state index contributed by atoms with van der Waals surface area (Å²) in [7, 11) is 0. The first-order valence-corrected chi connectivity index (χ1v) is 10.3. The topological polar surface area (TPSA) is 61.0 Å². The fourth-order valence-electron chi connectivity index (χ4n) is 2.94. The summed E-state index contributed by atoms with van der Waals surface area (Å²) < 4.78 is 0. The fourth-order valence-corrected chi connectivity index (χ4v) is 3.80. The first-order chi connectivity index (χ1) is 13.0. The molecule has 1 heterocycles. The van der Waals surface area contributed by atoms with Crippen molar-refractivity contribution in [3.63, 3.8) is 0 Å². The number of nitrogens with zero attached hydrogens (tertiary/aromatic N) is 2. The molecule has 2 N–H and O–H groups in total. The van der Waals surface area contributed by atoms with E-state index in [1.807, 2.05) is 36.4 Å². The average molecular weight is 403 g/mol. The number of thioether (sulfide) groups is 1. The maximum absolute atomic E-state index is 12.2. The lowest BCUT2D eigenvalue weighted by Gasteiger charge is -2.27. The summed E-state index contributed by atoms with van der Waals surface area (Å²) >= 11 is 7.35. The Labute approximate surface area is 168 Å². The summed E-state index contributed by atoms with van der Waals surface area (Å²) in [5, 5.41) is 4.29. The molecule has 0 saturated heterocycles. The second-order valence-electron chi connectivity index (χ2n) is 6.47. The number of hydrogen-bond donors (Lipinski definition) is 2. The molecule has 2 aromatic carbocycles. The molecule has 0 saturated carbocycles. The van der Waals surface area contributed by atoms with E-state index in [2.05, 4.69) is 41.0 Å². The van der Waals surface area contributed by atoms with E-state index < -0.39 is 0 Å². The van der Waals surface area contributed by atoms with Gasteiger partial charge in [-0.15, -0.1) is 0 Å². The van der Waals surface area contributed by atoms with Crippen LogP contribution in [0.15, 0.2) is 47.6 Å². The number of aromatic amines is 1. The molecule has 5 nitrogen and oxygen atoms in total. The second-order valence-corrected chi connectivity index (χ2v) is 7.87. The lowest BCUT2D eigenvalue weighted by Crippen LogP contribution is -2.30. The molecule has 0 spiro atoms. The molecule has 3 rings (SSSR count). The largest absolute Gasteiger partial charge is 0.369 e. The smallest absolute Gasteiger partial charge is 0.234 e. The van der Waals surface area contributed by atoms with Crippen LogP contribution < -0.4 is 10.2 Å². The minimum Gasteiger partial charge on any atom is -0.369 e. The average Bonchev–Trinajstić information content (AvgIpc) is 3.04. The summed E-state index contributed by atoms with van der Waals surface area (Å²) in [6.07, 6.45) is 0. The first kappa shape index (κ1) is 19.6. The number of rotatable bonds is 7. The molecular formula is C20H23ClN4OS. The third-order valence-corrected chi connectivity index (χ3v) is 5.32. The van der Waals surface area contributed by atoms with Gasteiger partial charge in [-0.05, 0) is 63.2 Å². The summed E-state index contributed by atoms with van der Waals surface area (Å²) in [5.41, 5.74) is 3.65. The molecule has 0 atom stereocenters. The van der Waals surface area contributed by atoms with Gasteiger partial charge in [0, 0.05) is 29.0 Å². The van der Waals surface area contributed by atoms with Crippen LogP contribution in [-0.2, 0) is 4.79 Å². The van der Waals surface area contributed by atoms with Crippen molar-refractivity contribution < 1.29 is 4.79 Å². The van der Waals surface area contributed by atoms with Gasteiger partial charge < -0.3 is 15.2 Å². The Hall–Kier alpha value is -2.18. The number of anilines is 2. The Kier molecular flexibility index (Phi) is 6.29. The fraction of sp³-hybridized carbons (Fsp3) is 0.300. The van der Waals surface area contributed by atoms with Crippen LogP contribution in [0, 0.1) is 0 Å². The van der Waals surface area contributed by atoms with Crippen LogP contribution in [0.3, 0.4) is 0 Å². The lowest BCUT2D eigenvalue weighted by atomic mass is 10.2. The molecule has 3 aromatic rings. The van der Waals surface area contributed by atoms with Crippen molar-refractivity contribution in [3.05, 3.63) is 47.5 Å². The van der Waals surface area contributed by atoms with Gasteiger partial charge in [0.15, 0.2) is 5.16 Å². The Balaban J connectivity index is 1.57. The third-order valence-electron chi connectivity index (χ3n) is 4.21. The third kappa shape index (κ3) is 4.96.